The molecule has 1 rings (SSSR count). The van der Waals surface area contributed by atoms with Crippen molar-refractivity contribution in [2.45, 2.75) is 13.1 Å². The highest BCUT2D eigenvalue weighted by Gasteiger charge is 2.18. The Morgan fingerprint density at radius 3 is 1.39 bits per heavy atom. The van der Waals surface area contributed by atoms with Crippen LogP contribution in [0.3, 0.4) is 0 Å². The molecule has 2 N–H and O–H groups in total. The van der Waals surface area contributed by atoms with Crippen LogP contribution in [0.4, 0.5) is 0 Å². The first kappa shape index (κ1) is 23.6. The van der Waals surface area contributed by atoms with Crippen LogP contribution in [0, 0.1) is 0 Å². The molecule has 1 aromatic carbocycles. The predicted octanol–water partition coefficient (Wildman–Crippen LogP) is 1.44. The van der Waals surface area contributed by atoms with Crippen LogP contribution in [0.5, 0.6) is 0 Å². The summed E-state index contributed by atoms with van der Waals surface area (Å²) in [5.41, 5.74) is 2.54. The van der Waals surface area contributed by atoms with Gasteiger partial charge in [0.1, 0.15) is 13.1 Å². The molecular formula is C22H36N4O2+2. The smallest absolute Gasteiger partial charge is 0.243 e. The topological polar surface area (TPSA) is 58.2 Å². The number of nitrogens with one attached hydrogen (secondary N) is 2. The zero-order valence-electron chi connectivity index (χ0n) is 17.8. The molecule has 0 aliphatic heterocycles. The van der Waals surface area contributed by atoms with E-state index in [1.54, 1.807) is 0 Å². The molecule has 0 radical (unpaired) electrons. The van der Waals surface area contributed by atoms with Gasteiger partial charge < -0.3 is 19.6 Å². The van der Waals surface area contributed by atoms with E-state index in [-0.39, 0.29) is 11.8 Å². The van der Waals surface area contributed by atoms with E-state index >= 15 is 0 Å². The fourth-order valence-corrected chi connectivity index (χ4v) is 3.00. The Morgan fingerprint density at radius 1 is 0.786 bits per heavy atom. The number of nitrogens with zero attached hydrogens (tertiary/aromatic N) is 2. The van der Waals surface area contributed by atoms with Crippen LogP contribution in [0.25, 0.3) is 0 Å². The lowest BCUT2D eigenvalue weighted by molar-refractivity contribution is -0.902. The molecule has 154 valence electrons. The summed E-state index contributed by atoms with van der Waals surface area (Å²) < 4.78 is 1.59. The zero-order valence-corrected chi connectivity index (χ0v) is 17.8. The SMILES string of the molecule is C=CC(=O)NCC[N+](C)(C)Cc1ccc(C[N+](C)(C)CCNC(=O)C=C)cc1. The van der Waals surface area contributed by atoms with Crippen molar-refractivity contribution in [3.8, 4) is 0 Å². The van der Waals surface area contributed by atoms with Crippen molar-refractivity contribution in [2.24, 2.45) is 0 Å². The van der Waals surface area contributed by atoms with Crippen molar-refractivity contribution in [3.05, 3.63) is 60.7 Å². The van der Waals surface area contributed by atoms with Gasteiger partial charge in [-0.25, -0.2) is 0 Å². The third-order valence-electron chi connectivity index (χ3n) is 4.65. The van der Waals surface area contributed by atoms with Crippen LogP contribution in [0.15, 0.2) is 49.6 Å². The summed E-state index contributed by atoms with van der Waals surface area (Å²) in [4.78, 5) is 22.5. The lowest BCUT2D eigenvalue weighted by Gasteiger charge is -2.31. The Labute approximate surface area is 169 Å². The minimum atomic E-state index is -0.130. The van der Waals surface area contributed by atoms with Gasteiger partial charge in [0.15, 0.2) is 0 Å². The van der Waals surface area contributed by atoms with Crippen LogP contribution in [-0.2, 0) is 22.7 Å². The van der Waals surface area contributed by atoms with Gasteiger partial charge in [0.05, 0.1) is 54.4 Å². The van der Waals surface area contributed by atoms with Gasteiger partial charge in [-0.05, 0) is 12.2 Å². The van der Waals surface area contributed by atoms with Crippen LogP contribution in [0.2, 0.25) is 0 Å². The molecule has 0 saturated carbocycles. The van der Waals surface area contributed by atoms with Gasteiger partial charge in [-0.3, -0.25) is 9.59 Å². The molecule has 0 aliphatic carbocycles. The molecule has 0 saturated heterocycles. The number of carbonyl (C=O) groups is 2. The maximum atomic E-state index is 11.3. The summed E-state index contributed by atoms with van der Waals surface area (Å²) in [5, 5.41) is 5.66. The standard InChI is InChI=1S/C22H34N4O2/c1-7-21(27)23-13-15-25(3,4)17-19-9-11-20(12-10-19)18-26(5,6)16-14-24-22(28)8-2/h7-12H,1-2,13-18H2,3-6H3/p+2. The summed E-state index contributed by atoms with van der Waals surface area (Å²) >= 11 is 0. The third-order valence-corrected chi connectivity index (χ3v) is 4.65. The fourth-order valence-electron chi connectivity index (χ4n) is 3.00. The summed E-state index contributed by atoms with van der Waals surface area (Å²) in [7, 11) is 8.63. The third kappa shape index (κ3) is 9.48. The Morgan fingerprint density at radius 2 is 1.11 bits per heavy atom. The number of amides is 2. The Kier molecular flexibility index (Phi) is 9.09. The molecule has 0 spiro atoms. The number of benzene rings is 1. The zero-order chi connectivity index (χ0) is 21.2. The Balaban J connectivity index is 2.53. The van der Waals surface area contributed by atoms with Crippen molar-refractivity contribution in [2.75, 3.05) is 54.4 Å². The van der Waals surface area contributed by atoms with Gasteiger partial charge in [-0.2, -0.15) is 0 Å². The fraction of sp³-hybridized carbons (Fsp3) is 0.455. The Hall–Kier alpha value is -2.44. The second-order valence-electron chi connectivity index (χ2n) is 8.44. The van der Waals surface area contributed by atoms with Gasteiger partial charge in [0, 0.05) is 11.1 Å². The van der Waals surface area contributed by atoms with Gasteiger partial charge in [-0.1, -0.05) is 37.4 Å². The second-order valence-corrected chi connectivity index (χ2v) is 8.44. The number of rotatable bonds is 12. The largest absolute Gasteiger partial charge is 0.347 e. The lowest BCUT2D eigenvalue weighted by Crippen LogP contribution is -2.44. The van der Waals surface area contributed by atoms with Gasteiger partial charge in [0.2, 0.25) is 11.8 Å². The van der Waals surface area contributed by atoms with Crippen LogP contribution in [0.1, 0.15) is 11.1 Å². The quantitative estimate of drug-likeness (QED) is 0.421. The van der Waals surface area contributed by atoms with Crippen molar-refractivity contribution < 1.29 is 18.6 Å². The first-order chi connectivity index (χ1) is 13.1. The van der Waals surface area contributed by atoms with E-state index in [1.807, 2.05) is 0 Å². The molecule has 0 atom stereocenters. The van der Waals surface area contributed by atoms with Crippen LogP contribution >= 0.6 is 0 Å². The van der Waals surface area contributed by atoms with Crippen molar-refractivity contribution >= 4 is 11.8 Å². The van der Waals surface area contributed by atoms with Crippen molar-refractivity contribution in [1.82, 2.24) is 10.6 Å². The molecule has 0 fully saturated rings. The highest BCUT2D eigenvalue weighted by atomic mass is 16.2. The molecule has 0 unspecified atom stereocenters. The highest BCUT2D eigenvalue weighted by Crippen LogP contribution is 2.14. The molecule has 0 aliphatic rings. The first-order valence-electron chi connectivity index (χ1n) is 9.59. The predicted molar refractivity (Wildman–Crippen MR) is 114 cm³/mol. The van der Waals surface area contributed by atoms with Crippen molar-refractivity contribution in [1.29, 1.82) is 0 Å². The molecular weight excluding hydrogens is 352 g/mol. The summed E-state index contributed by atoms with van der Waals surface area (Å²) in [6.45, 7) is 11.7. The van der Waals surface area contributed by atoms with E-state index in [1.165, 1.54) is 23.3 Å². The van der Waals surface area contributed by atoms with Crippen LogP contribution < -0.4 is 10.6 Å². The monoisotopic (exact) mass is 388 g/mol. The average Bonchev–Trinajstić information content (AvgIpc) is 2.62. The normalized spacial score (nSPS) is 11.6. The lowest BCUT2D eigenvalue weighted by atomic mass is 10.1. The number of carbonyl (C=O) groups excluding carboxylic acids is 2. The highest BCUT2D eigenvalue weighted by molar-refractivity contribution is 5.87. The number of hydrogen-bond acceptors (Lipinski definition) is 2. The number of quaternary nitrogens is 2. The van der Waals surface area contributed by atoms with Crippen molar-refractivity contribution in [3.63, 3.8) is 0 Å². The molecule has 0 aromatic heterocycles. The summed E-state index contributed by atoms with van der Waals surface area (Å²) in [6.07, 6.45) is 2.60. The summed E-state index contributed by atoms with van der Waals surface area (Å²) in [6, 6.07) is 8.71. The maximum absolute atomic E-state index is 11.3. The molecule has 6 nitrogen and oxygen atoms in total. The molecule has 0 bridgehead atoms. The second kappa shape index (κ2) is 10.8. The van der Waals surface area contributed by atoms with E-state index in [2.05, 4.69) is 76.2 Å². The maximum Gasteiger partial charge on any atom is 0.243 e. The molecule has 0 heterocycles. The molecule has 1 aromatic rings. The van der Waals surface area contributed by atoms with Gasteiger partial charge in [0.25, 0.3) is 0 Å². The molecule has 2 amide bonds. The Bertz CT molecular complexity index is 619. The van der Waals surface area contributed by atoms with E-state index in [0.29, 0.717) is 13.1 Å². The number of likely N-dealkylation sites (N-methyl/N-ethyl adjacent to an activating group) is 2. The van der Waals surface area contributed by atoms with E-state index < -0.39 is 0 Å². The van der Waals surface area contributed by atoms with E-state index in [0.717, 1.165) is 35.1 Å². The molecule has 28 heavy (non-hydrogen) atoms. The van der Waals surface area contributed by atoms with Gasteiger partial charge in [-0.15, -0.1) is 0 Å². The average molecular weight is 389 g/mol. The minimum absolute atomic E-state index is 0.130. The summed E-state index contributed by atoms with van der Waals surface area (Å²) in [5.74, 6) is -0.261. The molecule has 6 heteroatoms. The minimum Gasteiger partial charge on any atom is -0.347 e. The van der Waals surface area contributed by atoms with E-state index in [4.69, 9.17) is 0 Å². The first-order valence-corrected chi connectivity index (χ1v) is 9.59. The van der Waals surface area contributed by atoms with Crippen LogP contribution in [-0.4, -0.2) is 75.2 Å². The van der Waals surface area contributed by atoms with Gasteiger partial charge >= 0.3 is 0 Å². The number of hydrogen-bond donors (Lipinski definition) is 2. The van der Waals surface area contributed by atoms with E-state index in [9.17, 15) is 9.59 Å².